The average Bonchev–Trinajstić information content (AvgIpc) is 2.02. The van der Waals surface area contributed by atoms with Gasteiger partial charge in [-0.15, -0.1) is 4.40 Å². The quantitative estimate of drug-likeness (QED) is 0.584. The summed E-state index contributed by atoms with van der Waals surface area (Å²) in [5, 5.41) is 0. The zero-order chi connectivity index (χ0) is 9.47. The third kappa shape index (κ3) is 1.33. The van der Waals surface area contributed by atoms with Crippen molar-refractivity contribution in [2.45, 2.75) is 0 Å². The number of amidine groups is 1. The molecule has 0 atom stereocenters. The molecule has 1 aliphatic heterocycles. The summed E-state index contributed by atoms with van der Waals surface area (Å²) in [4.78, 5) is 3.80. The predicted octanol–water partition coefficient (Wildman–Crippen LogP) is -0.543. The molecule has 3 N–H and O–H groups in total. The van der Waals surface area contributed by atoms with Gasteiger partial charge in [-0.25, -0.2) is 0 Å². The molecule has 1 aromatic rings. The molecule has 68 valence electrons. The Labute approximate surface area is 74.7 Å². The number of fused-ring (bicyclic) bond motifs is 1. The topological polar surface area (TPSA) is 97.4 Å². The highest BCUT2D eigenvalue weighted by molar-refractivity contribution is 7.91. The van der Waals surface area contributed by atoms with Crippen LogP contribution in [0.25, 0.3) is 0 Å². The number of nitrogens with one attached hydrogen (secondary N) is 1. The van der Waals surface area contributed by atoms with E-state index < -0.39 is 10.2 Å². The molecule has 0 aliphatic carbocycles. The lowest BCUT2D eigenvalue weighted by atomic mass is 10.2. The second-order valence-corrected chi connectivity index (χ2v) is 3.81. The smallest absolute Gasteiger partial charge is 0.344 e. The molecular weight excluding hydrogens is 192 g/mol. The molecule has 1 aliphatic rings. The minimum Gasteiger partial charge on any atom is -0.382 e. The molecule has 6 nitrogen and oxygen atoms in total. The van der Waals surface area contributed by atoms with E-state index >= 15 is 0 Å². The van der Waals surface area contributed by atoms with Gasteiger partial charge in [0.25, 0.3) is 0 Å². The molecule has 1 aromatic heterocycles. The summed E-state index contributed by atoms with van der Waals surface area (Å²) in [7, 11) is -3.66. The van der Waals surface area contributed by atoms with Crippen LogP contribution in [0.5, 0.6) is 0 Å². The maximum absolute atomic E-state index is 11.0. The van der Waals surface area contributed by atoms with Crippen molar-refractivity contribution in [1.29, 1.82) is 0 Å². The van der Waals surface area contributed by atoms with Gasteiger partial charge in [-0.1, -0.05) is 0 Å². The van der Waals surface area contributed by atoms with E-state index in [1.165, 1.54) is 18.5 Å². The molecule has 13 heavy (non-hydrogen) atoms. The van der Waals surface area contributed by atoms with Crippen LogP contribution in [0, 0.1) is 0 Å². The van der Waals surface area contributed by atoms with Gasteiger partial charge in [0.05, 0.1) is 11.3 Å². The summed E-state index contributed by atoms with van der Waals surface area (Å²) in [6, 6.07) is 1.52. The largest absolute Gasteiger partial charge is 0.382 e. The lowest BCUT2D eigenvalue weighted by Crippen LogP contribution is -2.26. The average molecular weight is 198 g/mol. The molecule has 0 aromatic carbocycles. The number of pyridine rings is 1. The predicted molar refractivity (Wildman–Crippen MR) is 47.5 cm³/mol. The zero-order valence-electron chi connectivity index (χ0n) is 6.43. The molecule has 2 heterocycles. The first-order chi connectivity index (χ1) is 6.08. The van der Waals surface area contributed by atoms with Gasteiger partial charge >= 0.3 is 10.2 Å². The van der Waals surface area contributed by atoms with Crippen LogP contribution in [0.2, 0.25) is 0 Å². The zero-order valence-corrected chi connectivity index (χ0v) is 7.25. The summed E-state index contributed by atoms with van der Waals surface area (Å²) in [6.45, 7) is 0. The number of nitrogens with two attached hydrogens (primary N) is 1. The van der Waals surface area contributed by atoms with Crippen LogP contribution in [0.1, 0.15) is 5.56 Å². The Bertz CT molecular complexity index is 479. The highest BCUT2D eigenvalue weighted by atomic mass is 32.2. The lowest BCUT2D eigenvalue weighted by molar-refractivity contribution is 0.602. The van der Waals surface area contributed by atoms with Gasteiger partial charge < -0.3 is 5.73 Å². The SMILES string of the molecule is NC1=NS(=O)(=O)Nc2ccncc21. The van der Waals surface area contributed by atoms with Crippen LogP contribution in [0.4, 0.5) is 5.69 Å². The Balaban J connectivity index is 2.68. The normalized spacial score (nSPS) is 18.3. The van der Waals surface area contributed by atoms with E-state index in [1.807, 2.05) is 0 Å². The maximum Gasteiger partial charge on any atom is 0.344 e. The Morgan fingerprint density at radius 3 is 3.00 bits per heavy atom. The van der Waals surface area contributed by atoms with Gasteiger partial charge in [-0.2, -0.15) is 8.42 Å². The fraction of sp³-hybridized carbons (Fsp3) is 0. The van der Waals surface area contributed by atoms with Crippen molar-refractivity contribution in [3.8, 4) is 0 Å². The molecule has 0 saturated carbocycles. The van der Waals surface area contributed by atoms with Crippen molar-refractivity contribution in [2.75, 3.05) is 4.72 Å². The third-order valence-electron chi connectivity index (χ3n) is 1.55. The highest BCUT2D eigenvalue weighted by Crippen LogP contribution is 2.19. The van der Waals surface area contributed by atoms with Crippen LogP contribution < -0.4 is 10.5 Å². The second-order valence-electron chi connectivity index (χ2n) is 2.47. The van der Waals surface area contributed by atoms with E-state index in [1.54, 1.807) is 0 Å². The Kier molecular flexibility index (Phi) is 1.49. The van der Waals surface area contributed by atoms with Crippen LogP contribution in [-0.4, -0.2) is 19.2 Å². The van der Waals surface area contributed by atoms with Crippen LogP contribution in [-0.2, 0) is 10.2 Å². The van der Waals surface area contributed by atoms with Crippen LogP contribution in [0.15, 0.2) is 22.9 Å². The van der Waals surface area contributed by atoms with E-state index in [0.29, 0.717) is 11.3 Å². The number of rotatable bonds is 0. The number of nitrogens with zero attached hydrogens (tertiary/aromatic N) is 2. The molecule has 2 rings (SSSR count). The number of anilines is 1. The van der Waals surface area contributed by atoms with Gasteiger partial charge in [0.15, 0.2) is 0 Å². The summed E-state index contributed by atoms with van der Waals surface area (Å²) >= 11 is 0. The monoisotopic (exact) mass is 198 g/mol. The van der Waals surface area contributed by atoms with Crippen molar-refractivity contribution < 1.29 is 8.42 Å². The molecule has 0 unspecified atom stereocenters. The van der Waals surface area contributed by atoms with Gasteiger partial charge in [0.2, 0.25) is 0 Å². The fourth-order valence-corrected chi connectivity index (χ4v) is 1.89. The highest BCUT2D eigenvalue weighted by Gasteiger charge is 2.20. The lowest BCUT2D eigenvalue weighted by Gasteiger charge is -2.13. The first-order valence-corrected chi connectivity index (χ1v) is 4.85. The third-order valence-corrected chi connectivity index (χ3v) is 2.47. The van der Waals surface area contributed by atoms with Crippen molar-refractivity contribution in [3.63, 3.8) is 0 Å². The summed E-state index contributed by atoms with van der Waals surface area (Å²) < 4.78 is 27.6. The van der Waals surface area contributed by atoms with Crippen molar-refractivity contribution in [1.82, 2.24) is 4.98 Å². The van der Waals surface area contributed by atoms with E-state index in [-0.39, 0.29) is 5.84 Å². The Hall–Kier alpha value is -1.63. The van der Waals surface area contributed by atoms with Crippen LogP contribution in [0.3, 0.4) is 0 Å². The van der Waals surface area contributed by atoms with Crippen molar-refractivity contribution >= 4 is 21.7 Å². The fourth-order valence-electron chi connectivity index (χ4n) is 1.03. The van der Waals surface area contributed by atoms with Gasteiger partial charge in [0.1, 0.15) is 5.84 Å². The number of hydrogen-bond donors (Lipinski definition) is 2. The summed E-state index contributed by atoms with van der Waals surface area (Å²) in [5.74, 6) is -0.0400. The minimum absolute atomic E-state index is 0.0400. The first-order valence-electron chi connectivity index (χ1n) is 3.41. The molecule has 0 amide bonds. The minimum atomic E-state index is -3.66. The van der Waals surface area contributed by atoms with E-state index in [9.17, 15) is 8.42 Å². The standard InChI is InChI=1S/C6H6N4O2S/c7-6-4-3-8-2-1-5(4)9-13(11,12)10-6/h1-3,9H,(H2,7,10). The van der Waals surface area contributed by atoms with Gasteiger partial charge in [-0.05, 0) is 6.07 Å². The molecular formula is C6H6N4O2S. The van der Waals surface area contributed by atoms with E-state index in [2.05, 4.69) is 14.1 Å². The van der Waals surface area contributed by atoms with Crippen LogP contribution >= 0.6 is 0 Å². The molecule has 0 spiro atoms. The van der Waals surface area contributed by atoms with Gasteiger partial charge in [0, 0.05) is 12.4 Å². The van der Waals surface area contributed by atoms with Gasteiger partial charge in [-0.3, -0.25) is 9.71 Å². The first kappa shape index (κ1) is 7.99. The molecule has 0 bridgehead atoms. The number of hydrogen-bond acceptors (Lipinski definition) is 4. The summed E-state index contributed by atoms with van der Waals surface area (Å²) in [6.07, 6.45) is 2.93. The number of aromatic nitrogens is 1. The molecule has 0 saturated heterocycles. The molecule has 7 heteroatoms. The van der Waals surface area contributed by atoms with Crippen molar-refractivity contribution in [3.05, 3.63) is 24.0 Å². The summed E-state index contributed by atoms with van der Waals surface area (Å²) in [5.41, 5.74) is 6.32. The van der Waals surface area contributed by atoms with E-state index in [4.69, 9.17) is 5.73 Å². The molecule has 0 fully saturated rings. The second kappa shape index (κ2) is 2.43. The molecule has 0 radical (unpaired) electrons. The Morgan fingerprint density at radius 2 is 2.23 bits per heavy atom. The Morgan fingerprint density at radius 1 is 1.46 bits per heavy atom. The maximum atomic E-state index is 11.0. The van der Waals surface area contributed by atoms with Crippen molar-refractivity contribution in [2.24, 2.45) is 10.1 Å². The van der Waals surface area contributed by atoms with E-state index in [0.717, 1.165) is 0 Å².